The summed E-state index contributed by atoms with van der Waals surface area (Å²) in [6.45, 7) is 9.77. The van der Waals surface area contributed by atoms with Crippen molar-refractivity contribution >= 4 is 18.5 Å². The van der Waals surface area contributed by atoms with E-state index in [0.29, 0.717) is 17.9 Å². The van der Waals surface area contributed by atoms with Crippen LogP contribution in [0.15, 0.2) is 23.3 Å². The number of hydrogen-bond donors (Lipinski definition) is 0. The van der Waals surface area contributed by atoms with Crippen molar-refractivity contribution in [3.63, 3.8) is 0 Å². The maximum absolute atomic E-state index is 12.5. The fourth-order valence-corrected chi connectivity index (χ4v) is 5.33. The molecule has 1 saturated carbocycles. The summed E-state index contributed by atoms with van der Waals surface area (Å²) >= 11 is 0. The SMILES string of the molecule is CC(=O)O[C@@H]1CC=C(C=O)[C@@]2(C=O)[C@H]([C@@H](C)CCC=C(C)C)CC[C@@]12C. The molecule has 0 amide bonds. The van der Waals surface area contributed by atoms with Gasteiger partial charge in [-0.1, -0.05) is 31.6 Å². The molecule has 26 heavy (non-hydrogen) atoms. The zero-order valence-corrected chi connectivity index (χ0v) is 16.7. The number of ether oxygens (including phenoxy) is 1. The van der Waals surface area contributed by atoms with Gasteiger partial charge in [-0.2, -0.15) is 0 Å². The van der Waals surface area contributed by atoms with Crippen LogP contribution in [0.25, 0.3) is 0 Å². The van der Waals surface area contributed by atoms with Crippen molar-refractivity contribution in [2.24, 2.45) is 22.7 Å². The minimum Gasteiger partial charge on any atom is -0.462 e. The van der Waals surface area contributed by atoms with Gasteiger partial charge in [0.2, 0.25) is 0 Å². The Morgan fingerprint density at radius 1 is 1.35 bits per heavy atom. The normalized spacial score (nSPS) is 34.3. The van der Waals surface area contributed by atoms with Gasteiger partial charge in [0.15, 0.2) is 0 Å². The van der Waals surface area contributed by atoms with Crippen LogP contribution in [0.5, 0.6) is 0 Å². The van der Waals surface area contributed by atoms with Gasteiger partial charge in [0.05, 0.1) is 5.41 Å². The molecule has 0 N–H and O–H groups in total. The molecule has 0 saturated heterocycles. The molecule has 5 atom stereocenters. The third-order valence-electron chi connectivity index (χ3n) is 6.73. The highest BCUT2D eigenvalue weighted by Gasteiger charge is 2.65. The minimum absolute atomic E-state index is 0.0883. The molecule has 0 spiro atoms. The molecule has 2 aliphatic rings. The molecule has 0 aromatic heterocycles. The van der Waals surface area contributed by atoms with Crippen LogP contribution < -0.4 is 0 Å². The monoisotopic (exact) mass is 360 g/mol. The Hall–Kier alpha value is -1.71. The van der Waals surface area contributed by atoms with E-state index in [9.17, 15) is 14.4 Å². The molecule has 144 valence electrons. The number of hydrogen-bond acceptors (Lipinski definition) is 4. The van der Waals surface area contributed by atoms with Crippen LogP contribution in [0.1, 0.15) is 66.7 Å². The number of fused-ring (bicyclic) bond motifs is 1. The Bertz CT molecular complexity index is 628. The second-order valence-electron chi connectivity index (χ2n) is 8.50. The van der Waals surface area contributed by atoms with Gasteiger partial charge >= 0.3 is 5.97 Å². The Morgan fingerprint density at radius 3 is 2.58 bits per heavy atom. The average Bonchev–Trinajstić information content (AvgIpc) is 2.89. The first-order valence-electron chi connectivity index (χ1n) is 9.65. The predicted molar refractivity (Wildman–Crippen MR) is 101 cm³/mol. The number of rotatable bonds is 7. The van der Waals surface area contributed by atoms with E-state index in [0.717, 1.165) is 38.3 Å². The van der Waals surface area contributed by atoms with Crippen molar-refractivity contribution in [3.8, 4) is 0 Å². The summed E-state index contributed by atoms with van der Waals surface area (Å²) in [5, 5.41) is 0. The highest BCUT2D eigenvalue weighted by atomic mass is 16.5. The van der Waals surface area contributed by atoms with Gasteiger partial charge in [0.1, 0.15) is 18.7 Å². The zero-order chi connectivity index (χ0) is 19.5. The topological polar surface area (TPSA) is 60.4 Å². The standard InChI is InChI=1S/C22H32O4/c1-15(2)7-6-8-16(3)19-11-12-21(5)20(26-17(4)25)10-9-18(13-23)22(19,21)14-24/h7,9,13-14,16,19-20H,6,8,10-12H2,1-5H3/t16-,19-,20+,21-,22-/m0/s1. The van der Waals surface area contributed by atoms with E-state index in [2.05, 4.69) is 26.8 Å². The molecule has 4 heteroatoms. The summed E-state index contributed by atoms with van der Waals surface area (Å²) < 4.78 is 5.60. The number of allylic oxidation sites excluding steroid dienone is 3. The maximum atomic E-state index is 12.5. The van der Waals surface area contributed by atoms with Crippen LogP contribution in [-0.2, 0) is 19.1 Å². The zero-order valence-electron chi connectivity index (χ0n) is 16.7. The van der Waals surface area contributed by atoms with Gasteiger partial charge in [-0.05, 0) is 51.4 Å². The molecule has 4 nitrogen and oxygen atoms in total. The lowest BCUT2D eigenvalue weighted by molar-refractivity contribution is -0.162. The lowest BCUT2D eigenvalue weighted by atomic mass is 9.53. The van der Waals surface area contributed by atoms with Crippen molar-refractivity contribution in [1.82, 2.24) is 0 Å². The van der Waals surface area contributed by atoms with Crippen LogP contribution in [0.2, 0.25) is 0 Å². The summed E-state index contributed by atoms with van der Waals surface area (Å²) in [5.41, 5.74) is 0.479. The smallest absolute Gasteiger partial charge is 0.302 e. The van der Waals surface area contributed by atoms with Gasteiger partial charge in [-0.25, -0.2) is 0 Å². The molecule has 0 aliphatic heterocycles. The molecule has 0 unspecified atom stereocenters. The number of aldehydes is 2. The highest BCUT2D eigenvalue weighted by molar-refractivity contribution is 5.87. The molecular weight excluding hydrogens is 328 g/mol. The third kappa shape index (κ3) is 3.30. The Labute approximate surface area is 157 Å². The van der Waals surface area contributed by atoms with E-state index in [1.54, 1.807) is 0 Å². The van der Waals surface area contributed by atoms with E-state index in [1.807, 2.05) is 13.0 Å². The van der Waals surface area contributed by atoms with E-state index < -0.39 is 10.8 Å². The van der Waals surface area contributed by atoms with Gasteiger partial charge in [-0.3, -0.25) is 9.59 Å². The molecule has 1 fully saturated rings. The molecule has 0 aromatic rings. The first-order valence-corrected chi connectivity index (χ1v) is 9.65. The quantitative estimate of drug-likeness (QED) is 0.383. The van der Waals surface area contributed by atoms with Gasteiger partial charge < -0.3 is 9.53 Å². The number of carbonyl (C=O) groups is 3. The Morgan fingerprint density at radius 2 is 2.04 bits per heavy atom. The fraction of sp³-hybridized carbons (Fsp3) is 0.682. The molecule has 0 aromatic carbocycles. The average molecular weight is 360 g/mol. The first-order chi connectivity index (χ1) is 12.2. The van der Waals surface area contributed by atoms with E-state index in [4.69, 9.17) is 4.74 Å². The third-order valence-corrected chi connectivity index (χ3v) is 6.73. The fourth-order valence-electron chi connectivity index (χ4n) is 5.33. The van der Waals surface area contributed by atoms with E-state index in [1.165, 1.54) is 12.5 Å². The van der Waals surface area contributed by atoms with Crippen LogP contribution in [0, 0.1) is 22.7 Å². The molecule has 0 heterocycles. The van der Waals surface area contributed by atoms with Gasteiger partial charge in [0, 0.05) is 24.3 Å². The predicted octanol–water partition coefficient (Wildman–Crippen LogP) is 4.43. The van der Waals surface area contributed by atoms with Gasteiger partial charge in [-0.15, -0.1) is 0 Å². The van der Waals surface area contributed by atoms with Crippen molar-refractivity contribution in [1.29, 1.82) is 0 Å². The van der Waals surface area contributed by atoms with Crippen LogP contribution in [0.3, 0.4) is 0 Å². The van der Waals surface area contributed by atoms with E-state index >= 15 is 0 Å². The molecule has 2 aliphatic carbocycles. The summed E-state index contributed by atoms with van der Waals surface area (Å²) in [6, 6.07) is 0. The Kier molecular flexibility index (Phi) is 6.25. The minimum atomic E-state index is -0.864. The second kappa shape index (κ2) is 7.89. The number of esters is 1. The molecule has 0 radical (unpaired) electrons. The first kappa shape index (κ1) is 20.6. The van der Waals surface area contributed by atoms with Crippen LogP contribution >= 0.6 is 0 Å². The van der Waals surface area contributed by atoms with Gasteiger partial charge in [0.25, 0.3) is 0 Å². The molecule has 2 rings (SSSR count). The van der Waals surface area contributed by atoms with E-state index in [-0.39, 0.29) is 18.0 Å². The van der Waals surface area contributed by atoms with Crippen LogP contribution in [0.4, 0.5) is 0 Å². The lowest BCUT2D eigenvalue weighted by Crippen LogP contribution is -2.54. The maximum Gasteiger partial charge on any atom is 0.302 e. The second-order valence-corrected chi connectivity index (χ2v) is 8.50. The van der Waals surface area contributed by atoms with Crippen molar-refractivity contribution in [2.45, 2.75) is 72.8 Å². The number of carbonyl (C=O) groups excluding carboxylic acids is 3. The summed E-state index contributed by atoms with van der Waals surface area (Å²) in [4.78, 5) is 36.0. The van der Waals surface area contributed by atoms with Crippen molar-refractivity contribution in [3.05, 3.63) is 23.3 Å². The largest absolute Gasteiger partial charge is 0.462 e. The summed E-state index contributed by atoms with van der Waals surface area (Å²) in [5.74, 6) is 0.0569. The molecular formula is C22H32O4. The Balaban J connectivity index is 2.41. The lowest BCUT2D eigenvalue weighted by Gasteiger charge is -2.50. The highest BCUT2D eigenvalue weighted by Crippen LogP contribution is 2.65. The molecule has 0 bridgehead atoms. The van der Waals surface area contributed by atoms with Crippen molar-refractivity contribution in [2.75, 3.05) is 0 Å². The van der Waals surface area contributed by atoms with Crippen molar-refractivity contribution < 1.29 is 19.1 Å². The summed E-state index contributed by atoms with van der Waals surface area (Å²) in [7, 11) is 0. The van der Waals surface area contributed by atoms with Crippen LogP contribution in [-0.4, -0.2) is 24.6 Å². The summed E-state index contributed by atoms with van der Waals surface area (Å²) in [6.07, 6.45) is 9.61.